The third-order valence-electron chi connectivity index (χ3n) is 1.39. The van der Waals surface area contributed by atoms with Crippen LogP contribution in [0, 0.1) is 0 Å². The maximum atomic E-state index is 12.4. The number of hydrogen-bond donors (Lipinski definition) is 0. The summed E-state index contributed by atoms with van der Waals surface area (Å²) in [5.74, 6) is 0. The molecule has 0 saturated heterocycles. The van der Waals surface area contributed by atoms with Crippen LogP contribution < -0.4 is 0 Å². The second-order valence-electron chi connectivity index (χ2n) is 2.39. The van der Waals surface area contributed by atoms with Crippen LogP contribution in [0.5, 0.6) is 0 Å². The standard InChI is InChI=1S/C6H2BrCl2F2NO2S/c7-4-3(8)1-2(5(10)11)6(12-4)15(9,13)14/h1,5H. The van der Waals surface area contributed by atoms with Gasteiger partial charge in [-0.3, -0.25) is 0 Å². The molecule has 3 nitrogen and oxygen atoms in total. The molecule has 0 unspecified atom stereocenters. The van der Waals surface area contributed by atoms with Gasteiger partial charge in [0.2, 0.25) is 0 Å². The molecule has 1 aromatic rings. The molecule has 0 spiro atoms. The normalized spacial score (nSPS) is 12.1. The molecular formula is C6H2BrCl2F2NO2S. The van der Waals surface area contributed by atoms with E-state index in [0.717, 1.165) is 6.07 Å². The molecule has 9 heteroatoms. The Morgan fingerprint density at radius 1 is 1.47 bits per heavy atom. The van der Waals surface area contributed by atoms with Gasteiger partial charge < -0.3 is 0 Å². The maximum Gasteiger partial charge on any atom is 0.279 e. The maximum absolute atomic E-state index is 12.4. The van der Waals surface area contributed by atoms with E-state index in [0.29, 0.717) is 0 Å². The Kier molecular flexibility index (Phi) is 3.91. The molecule has 0 aromatic carbocycles. The fourth-order valence-corrected chi connectivity index (χ4v) is 2.39. The van der Waals surface area contributed by atoms with E-state index in [1.165, 1.54) is 0 Å². The highest BCUT2D eigenvalue weighted by atomic mass is 79.9. The molecule has 0 radical (unpaired) electrons. The van der Waals surface area contributed by atoms with Crippen LogP contribution in [0.25, 0.3) is 0 Å². The summed E-state index contributed by atoms with van der Waals surface area (Å²) in [5, 5.41) is -1.01. The third kappa shape index (κ3) is 2.99. The van der Waals surface area contributed by atoms with Crippen molar-refractivity contribution in [2.45, 2.75) is 11.5 Å². The van der Waals surface area contributed by atoms with Crippen LogP contribution in [-0.4, -0.2) is 13.4 Å². The fourth-order valence-electron chi connectivity index (χ4n) is 0.817. The van der Waals surface area contributed by atoms with Gasteiger partial charge in [-0.15, -0.1) is 0 Å². The number of hydrogen-bond acceptors (Lipinski definition) is 3. The first-order valence-corrected chi connectivity index (χ1v) is 6.80. The minimum absolute atomic E-state index is 0.0622. The second-order valence-corrected chi connectivity index (χ2v) is 6.03. The van der Waals surface area contributed by atoms with Crippen LogP contribution in [0.15, 0.2) is 15.7 Å². The van der Waals surface area contributed by atoms with Crippen LogP contribution in [0.2, 0.25) is 5.02 Å². The molecular weight excluding hydrogens is 339 g/mol. The molecule has 0 atom stereocenters. The highest BCUT2D eigenvalue weighted by Crippen LogP contribution is 2.32. The number of pyridine rings is 1. The molecule has 0 saturated carbocycles. The minimum Gasteiger partial charge on any atom is -0.226 e. The van der Waals surface area contributed by atoms with Crippen LogP contribution in [0.3, 0.4) is 0 Å². The zero-order valence-corrected chi connectivity index (χ0v) is 10.6. The Balaban J connectivity index is 3.56. The van der Waals surface area contributed by atoms with Crippen molar-refractivity contribution in [3.05, 3.63) is 21.3 Å². The minimum atomic E-state index is -4.33. The van der Waals surface area contributed by atoms with Gasteiger partial charge in [-0.25, -0.2) is 22.2 Å². The number of halogens is 5. The van der Waals surface area contributed by atoms with Gasteiger partial charge in [-0.05, 0) is 22.0 Å². The number of alkyl halides is 2. The SMILES string of the molecule is O=S(=O)(Cl)c1nc(Br)c(Cl)cc1C(F)F. The zero-order chi connectivity index (χ0) is 11.8. The van der Waals surface area contributed by atoms with E-state index in [9.17, 15) is 17.2 Å². The number of nitrogens with zero attached hydrogens (tertiary/aromatic N) is 1. The van der Waals surface area contributed by atoms with Crippen molar-refractivity contribution in [1.82, 2.24) is 4.98 Å². The smallest absolute Gasteiger partial charge is 0.226 e. The van der Waals surface area contributed by atoms with Gasteiger partial charge in [0.25, 0.3) is 15.5 Å². The van der Waals surface area contributed by atoms with E-state index in [1.54, 1.807) is 0 Å². The summed E-state index contributed by atoms with van der Waals surface area (Å²) in [6.07, 6.45) is -3.02. The van der Waals surface area contributed by atoms with Gasteiger partial charge in [-0.1, -0.05) is 11.6 Å². The van der Waals surface area contributed by atoms with Crippen molar-refractivity contribution in [3.63, 3.8) is 0 Å². The number of aromatic nitrogens is 1. The van der Waals surface area contributed by atoms with Crippen molar-refractivity contribution in [2.75, 3.05) is 0 Å². The zero-order valence-electron chi connectivity index (χ0n) is 6.72. The Bertz CT molecular complexity index is 494. The largest absolute Gasteiger partial charge is 0.279 e. The van der Waals surface area contributed by atoms with E-state index in [1.807, 2.05) is 0 Å². The summed E-state index contributed by atoms with van der Waals surface area (Å²) < 4.78 is 46.7. The second kappa shape index (κ2) is 4.48. The summed E-state index contributed by atoms with van der Waals surface area (Å²) in [6.45, 7) is 0. The Morgan fingerprint density at radius 3 is 2.40 bits per heavy atom. The van der Waals surface area contributed by atoms with Gasteiger partial charge >= 0.3 is 0 Å². The predicted octanol–water partition coefficient (Wildman–Crippen LogP) is 3.36. The highest BCUT2D eigenvalue weighted by Gasteiger charge is 2.25. The van der Waals surface area contributed by atoms with Crippen LogP contribution in [0.1, 0.15) is 12.0 Å². The van der Waals surface area contributed by atoms with Crippen molar-refractivity contribution in [3.8, 4) is 0 Å². The lowest BCUT2D eigenvalue weighted by atomic mass is 10.3. The lowest BCUT2D eigenvalue weighted by molar-refractivity contribution is 0.147. The molecule has 1 heterocycles. The first kappa shape index (κ1) is 13.1. The summed E-state index contributed by atoms with van der Waals surface area (Å²) in [6, 6.07) is 0.804. The monoisotopic (exact) mass is 339 g/mol. The van der Waals surface area contributed by atoms with E-state index >= 15 is 0 Å². The van der Waals surface area contributed by atoms with Gasteiger partial charge in [0.15, 0.2) is 5.03 Å². The predicted molar refractivity (Wildman–Crippen MR) is 54.9 cm³/mol. The third-order valence-corrected chi connectivity index (χ3v) is 3.74. The van der Waals surface area contributed by atoms with E-state index in [-0.39, 0.29) is 9.63 Å². The quantitative estimate of drug-likeness (QED) is 0.612. The first-order valence-electron chi connectivity index (χ1n) is 3.32. The van der Waals surface area contributed by atoms with Crippen molar-refractivity contribution in [1.29, 1.82) is 0 Å². The highest BCUT2D eigenvalue weighted by molar-refractivity contribution is 9.10. The molecule has 84 valence electrons. The van der Waals surface area contributed by atoms with Crippen molar-refractivity contribution < 1.29 is 17.2 Å². The Morgan fingerprint density at radius 2 is 2.00 bits per heavy atom. The van der Waals surface area contributed by atoms with Crippen molar-refractivity contribution >= 4 is 47.3 Å². The average Bonchev–Trinajstić information content (AvgIpc) is 2.06. The summed E-state index contributed by atoms with van der Waals surface area (Å²) in [7, 11) is 0.619. The van der Waals surface area contributed by atoms with Crippen LogP contribution >= 0.6 is 38.2 Å². The molecule has 0 aliphatic rings. The van der Waals surface area contributed by atoms with E-state index in [2.05, 4.69) is 20.9 Å². The van der Waals surface area contributed by atoms with Gasteiger partial charge in [0, 0.05) is 10.7 Å². The van der Waals surface area contributed by atoms with Gasteiger partial charge in [-0.2, -0.15) is 0 Å². The van der Waals surface area contributed by atoms with Crippen LogP contribution in [-0.2, 0) is 9.05 Å². The van der Waals surface area contributed by atoms with Gasteiger partial charge in [0.05, 0.1) is 10.6 Å². The van der Waals surface area contributed by atoms with Crippen molar-refractivity contribution in [2.24, 2.45) is 0 Å². The summed E-state index contributed by atoms with van der Waals surface area (Å²) >= 11 is 8.31. The molecule has 0 aliphatic heterocycles. The van der Waals surface area contributed by atoms with E-state index < -0.39 is 26.1 Å². The molecule has 0 amide bonds. The molecule has 0 fully saturated rings. The molecule has 0 N–H and O–H groups in total. The Labute approximate surface area is 102 Å². The lowest BCUT2D eigenvalue weighted by Crippen LogP contribution is -2.03. The van der Waals surface area contributed by atoms with E-state index in [4.69, 9.17) is 22.3 Å². The first-order chi connectivity index (χ1) is 6.73. The summed E-state index contributed by atoms with van der Waals surface area (Å²) in [4.78, 5) is 3.35. The summed E-state index contributed by atoms with van der Waals surface area (Å²) in [5.41, 5.74) is -0.821. The fraction of sp³-hybridized carbons (Fsp3) is 0.167. The molecule has 0 bridgehead atoms. The Hall–Kier alpha value is 0.0200. The number of rotatable bonds is 2. The molecule has 1 aromatic heterocycles. The lowest BCUT2D eigenvalue weighted by Gasteiger charge is -2.06. The molecule has 0 aliphatic carbocycles. The average molecular weight is 341 g/mol. The molecule has 1 rings (SSSR count). The topological polar surface area (TPSA) is 47.0 Å². The van der Waals surface area contributed by atoms with Gasteiger partial charge in [0.1, 0.15) is 4.60 Å². The van der Waals surface area contributed by atoms with Crippen LogP contribution in [0.4, 0.5) is 8.78 Å². The molecule has 15 heavy (non-hydrogen) atoms.